The van der Waals surface area contributed by atoms with Crippen molar-refractivity contribution in [2.75, 3.05) is 0 Å². The predicted molar refractivity (Wildman–Crippen MR) is 160 cm³/mol. The van der Waals surface area contributed by atoms with E-state index in [9.17, 15) is 0 Å². The van der Waals surface area contributed by atoms with Crippen molar-refractivity contribution in [2.24, 2.45) is 0 Å². The topological polar surface area (TPSA) is 0 Å². The summed E-state index contributed by atoms with van der Waals surface area (Å²) in [4.78, 5) is 0. The first-order valence-corrected chi connectivity index (χ1v) is 12.9. The first-order valence-electron chi connectivity index (χ1n) is 12.6. The van der Waals surface area contributed by atoms with Crippen LogP contribution in [0.15, 0.2) is 140 Å². The van der Waals surface area contributed by atoms with E-state index in [4.69, 9.17) is 11.6 Å². The largest absolute Gasteiger partial charge is 0.0843 e. The molecule has 0 saturated carbocycles. The van der Waals surface area contributed by atoms with Gasteiger partial charge in [-0.25, -0.2) is 0 Å². The molecule has 37 heavy (non-hydrogen) atoms. The fourth-order valence-electron chi connectivity index (χ4n) is 5.68. The predicted octanol–water partition coefficient (Wildman–Crippen LogP) is 10.8. The van der Waals surface area contributed by atoms with E-state index >= 15 is 0 Å². The molecule has 0 N–H and O–H groups in total. The summed E-state index contributed by atoms with van der Waals surface area (Å²) in [5, 5.41) is 8.08. The number of benzene rings is 7. The van der Waals surface area contributed by atoms with Gasteiger partial charge in [0.05, 0.1) is 0 Å². The van der Waals surface area contributed by atoms with Crippen LogP contribution < -0.4 is 0 Å². The van der Waals surface area contributed by atoms with E-state index in [-0.39, 0.29) is 0 Å². The summed E-state index contributed by atoms with van der Waals surface area (Å²) in [5.41, 5.74) is 7.32. The summed E-state index contributed by atoms with van der Waals surface area (Å²) in [6.45, 7) is 0. The Balaban J connectivity index is 1.61. The quantitative estimate of drug-likeness (QED) is 0.216. The summed E-state index contributed by atoms with van der Waals surface area (Å²) in [7, 11) is 0. The molecule has 7 rings (SSSR count). The normalized spacial score (nSPS) is 11.4. The summed E-state index contributed by atoms with van der Waals surface area (Å²) in [6.07, 6.45) is 0. The molecule has 0 bridgehead atoms. The zero-order valence-electron chi connectivity index (χ0n) is 20.2. The van der Waals surface area contributed by atoms with Crippen molar-refractivity contribution in [3.8, 4) is 33.4 Å². The lowest BCUT2D eigenvalue weighted by Gasteiger charge is -2.19. The van der Waals surface area contributed by atoms with Gasteiger partial charge in [-0.3, -0.25) is 0 Å². The van der Waals surface area contributed by atoms with E-state index in [0.717, 1.165) is 5.02 Å². The van der Waals surface area contributed by atoms with E-state index in [1.165, 1.54) is 65.7 Å². The lowest BCUT2D eigenvalue weighted by Crippen LogP contribution is -1.92. The lowest BCUT2D eigenvalue weighted by atomic mass is 9.84. The molecule has 0 aliphatic heterocycles. The minimum absolute atomic E-state index is 0.743. The van der Waals surface area contributed by atoms with Crippen molar-refractivity contribution in [1.29, 1.82) is 0 Å². The van der Waals surface area contributed by atoms with Crippen LogP contribution in [0.3, 0.4) is 0 Å². The van der Waals surface area contributed by atoms with Gasteiger partial charge in [0, 0.05) is 5.02 Å². The third-order valence-electron chi connectivity index (χ3n) is 7.30. The van der Waals surface area contributed by atoms with Crippen LogP contribution in [0.5, 0.6) is 0 Å². The molecule has 0 aliphatic carbocycles. The highest BCUT2D eigenvalue weighted by Crippen LogP contribution is 2.46. The van der Waals surface area contributed by atoms with Gasteiger partial charge in [-0.05, 0) is 83.9 Å². The summed E-state index contributed by atoms with van der Waals surface area (Å²) in [5.74, 6) is 0. The first-order chi connectivity index (χ1) is 18.3. The van der Waals surface area contributed by atoms with Gasteiger partial charge in [-0.1, -0.05) is 133 Å². The van der Waals surface area contributed by atoms with Gasteiger partial charge in [0.2, 0.25) is 0 Å². The molecule has 0 heterocycles. The van der Waals surface area contributed by atoms with Crippen molar-refractivity contribution < 1.29 is 0 Å². The molecular weight excluding hydrogens is 468 g/mol. The van der Waals surface area contributed by atoms with Crippen LogP contribution in [0.4, 0.5) is 0 Å². The SMILES string of the molecule is Clc1ccc2c(-c3cccc4ccccc34)c3ccccc3c(-c3cccc(-c4ccccc4)c3)c2c1. The van der Waals surface area contributed by atoms with E-state index < -0.39 is 0 Å². The number of hydrogen-bond acceptors (Lipinski definition) is 0. The van der Waals surface area contributed by atoms with E-state index in [1.54, 1.807) is 0 Å². The molecule has 1 heteroatoms. The number of rotatable bonds is 3. The highest BCUT2D eigenvalue weighted by atomic mass is 35.5. The third kappa shape index (κ3) is 3.69. The summed E-state index contributed by atoms with van der Waals surface area (Å²) >= 11 is 6.65. The Labute approximate surface area is 221 Å². The van der Waals surface area contributed by atoms with Gasteiger partial charge >= 0.3 is 0 Å². The zero-order chi connectivity index (χ0) is 24.8. The van der Waals surface area contributed by atoms with Crippen molar-refractivity contribution in [1.82, 2.24) is 0 Å². The van der Waals surface area contributed by atoms with Crippen LogP contribution in [0.2, 0.25) is 5.02 Å². The minimum Gasteiger partial charge on any atom is -0.0843 e. The number of fused-ring (bicyclic) bond motifs is 3. The summed E-state index contributed by atoms with van der Waals surface area (Å²) < 4.78 is 0. The zero-order valence-corrected chi connectivity index (χ0v) is 20.9. The van der Waals surface area contributed by atoms with Crippen LogP contribution in [-0.4, -0.2) is 0 Å². The molecule has 0 aromatic heterocycles. The Hall–Kier alpha value is -4.39. The lowest BCUT2D eigenvalue weighted by molar-refractivity contribution is 1.61. The van der Waals surface area contributed by atoms with Gasteiger partial charge in [0.1, 0.15) is 0 Å². The maximum atomic E-state index is 6.65. The van der Waals surface area contributed by atoms with Gasteiger partial charge in [-0.15, -0.1) is 0 Å². The van der Waals surface area contributed by atoms with Crippen LogP contribution in [0, 0.1) is 0 Å². The second kappa shape index (κ2) is 8.92. The average Bonchev–Trinajstić information content (AvgIpc) is 2.96. The average molecular weight is 491 g/mol. The fourth-order valence-corrected chi connectivity index (χ4v) is 5.85. The molecule has 174 valence electrons. The van der Waals surface area contributed by atoms with Crippen LogP contribution in [0.1, 0.15) is 0 Å². The molecule has 7 aromatic rings. The highest BCUT2D eigenvalue weighted by molar-refractivity contribution is 6.32. The smallest absolute Gasteiger partial charge is 0.0412 e. The molecule has 0 unspecified atom stereocenters. The Morgan fingerprint density at radius 3 is 1.78 bits per heavy atom. The second-order valence-corrected chi connectivity index (χ2v) is 9.90. The molecule has 0 nitrogen and oxygen atoms in total. The number of halogens is 1. The van der Waals surface area contributed by atoms with Crippen molar-refractivity contribution in [3.63, 3.8) is 0 Å². The van der Waals surface area contributed by atoms with E-state index in [2.05, 4.69) is 133 Å². The van der Waals surface area contributed by atoms with Gasteiger partial charge in [0.15, 0.2) is 0 Å². The van der Waals surface area contributed by atoms with E-state index in [0.29, 0.717) is 0 Å². The van der Waals surface area contributed by atoms with Crippen LogP contribution in [0.25, 0.3) is 65.7 Å². The Morgan fingerprint density at radius 1 is 0.351 bits per heavy atom. The Bertz CT molecular complexity index is 1930. The molecule has 0 amide bonds. The van der Waals surface area contributed by atoms with Crippen molar-refractivity contribution in [2.45, 2.75) is 0 Å². The maximum absolute atomic E-state index is 6.65. The van der Waals surface area contributed by atoms with Crippen molar-refractivity contribution in [3.05, 3.63) is 145 Å². The maximum Gasteiger partial charge on any atom is 0.0412 e. The number of hydrogen-bond donors (Lipinski definition) is 0. The van der Waals surface area contributed by atoms with Gasteiger partial charge in [0.25, 0.3) is 0 Å². The summed E-state index contributed by atoms with van der Waals surface area (Å²) in [6, 6.07) is 49.7. The second-order valence-electron chi connectivity index (χ2n) is 9.46. The van der Waals surface area contributed by atoms with E-state index in [1.807, 2.05) is 6.07 Å². The highest BCUT2D eigenvalue weighted by Gasteiger charge is 2.18. The minimum atomic E-state index is 0.743. The molecule has 7 aromatic carbocycles. The molecule has 0 radical (unpaired) electrons. The van der Waals surface area contributed by atoms with Crippen LogP contribution in [-0.2, 0) is 0 Å². The molecule has 0 atom stereocenters. The molecule has 0 saturated heterocycles. The van der Waals surface area contributed by atoms with Gasteiger partial charge < -0.3 is 0 Å². The molecule has 0 aliphatic rings. The standard InChI is InChI=1S/C36H23Cl/c37-28-20-21-33-34(23-28)35(27-15-8-14-26(22-27)24-10-2-1-3-11-24)31-17-6-7-18-32(31)36(33)30-19-9-13-25-12-4-5-16-29(25)30/h1-23H. The fraction of sp³-hybridized carbons (Fsp3) is 0. The third-order valence-corrected chi connectivity index (χ3v) is 7.54. The molecule has 0 spiro atoms. The van der Waals surface area contributed by atoms with Gasteiger partial charge in [-0.2, -0.15) is 0 Å². The van der Waals surface area contributed by atoms with Crippen LogP contribution >= 0.6 is 11.6 Å². The molecule has 0 fully saturated rings. The first kappa shape index (κ1) is 21.9. The van der Waals surface area contributed by atoms with Crippen molar-refractivity contribution >= 4 is 43.9 Å². The monoisotopic (exact) mass is 490 g/mol. The Morgan fingerprint density at radius 2 is 0.946 bits per heavy atom. The Kier molecular flexibility index (Phi) is 5.27. The molecular formula is C36H23Cl.